The Labute approximate surface area is 104 Å². The van der Waals surface area contributed by atoms with E-state index in [0.29, 0.717) is 0 Å². The summed E-state index contributed by atoms with van der Waals surface area (Å²) in [5, 5.41) is 15.8. The number of primary sulfonamides is 1. The highest BCUT2D eigenvalue weighted by atomic mass is 32.2. The van der Waals surface area contributed by atoms with Crippen molar-refractivity contribution in [3.05, 3.63) is 17.7 Å². The van der Waals surface area contributed by atoms with Crippen molar-refractivity contribution < 1.29 is 31.2 Å². The van der Waals surface area contributed by atoms with E-state index in [1.807, 2.05) is 0 Å². The van der Waals surface area contributed by atoms with Crippen molar-refractivity contribution in [3.8, 4) is 5.75 Å². The largest absolute Gasteiger partial charge is 0.495 e. The van der Waals surface area contributed by atoms with E-state index in [2.05, 4.69) is 4.74 Å². The molecule has 0 heterocycles. The van der Waals surface area contributed by atoms with Gasteiger partial charge in [-0.2, -0.15) is 8.42 Å². The molecule has 0 fully saturated rings. The quantitative estimate of drug-likeness (QED) is 0.718. The molecule has 0 aliphatic heterocycles. The Bertz CT molecular complexity index is 663. The molecule has 0 aliphatic carbocycles. The topological polar surface area (TPSA) is 144 Å². The summed E-state index contributed by atoms with van der Waals surface area (Å²) < 4.78 is 58.5. The van der Waals surface area contributed by atoms with Crippen molar-refractivity contribution >= 4 is 20.1 Å². The molecular formula is C8H10NO7S2. The smallest absolute Gasteiger partial charge is 0.298 e. The van der Waals surface area contributed by atoms with Crippen molar-refractivity contribution in [2.24, 2.45) is 5.14 Å². The first-order valence-electron chi connectivity index (χ1n) is 4.41. The van der Waals surface area contributed by atoms with Crippen molar-refractivity contribution in [1.82, 2.24) is 0 Å². The molecule has 101 valence electrons. The molecular weight excluding hydrogens is 286 g/mol. The fourth-order valence-corrected chi connectivity index (χ4v) is 3.15. The lowest BCUT2D eigenvalue weighted by molar-refractivity contribution is 0.171. The zero-order chi connectivity index (χ0) is 14.1. The van der Waals surface area contributed by atoms with Crippen LogP contribution in [0.3, 0.4) is 0 Å². The predicted molar refractivity (Wildman–Crippen MR) is 58.6 cm³/mol. The summed E-state index contributed by atoms with van der Waals surface area (Å²) >= 11 is 0. The van der Waals surface area contributed by atoms with Crippen LogP contribution in [-0.4, -0.2) is 28.5 Å². The zero-order valence-electron chi connectivity index (χ0n) is 9.15. The fourth-order valence-electron chi connectivity index (χ4n) is 1.44. The molecule has 8 nitrogen and oxygen atoms in total. The Hall–Kier alpha value is -1.20. The van der Waals surface area contributed by atoms with Gasteiger partial charge in [0.25, 0.3) is 10.1 Å². The third kappa shape index (κ3) is 2.79. The van der Waals surface area contributed by atoms with E-state index in [9.17, 15) is 21.9 Å². The average Bonchev–Trinajstić information content (AvgIpc) is 2.24. The van der Waals surface area contributed by atoms with Gasteiger partial charge in [-0.05, 0) is 12.1 Å². The molecule has 18 heavy (non-hydrogen) atoms. The Morgan fingerprint density at radius 2 is 1.83 bits per heavy atom. The molecule has 0 bridgehead atoms. The number of rotatable bonds is 4. The molecule has 3 N–H and O–H groups in total. The number of sulfonamides is 1. The number of ether oxygens (including phenoxy) is 1. The number of methoxy groups -OCH3 is 1. The number of hydrogen-bond donors (Lipinski definition) is 2. The second kappa shape index (κ2) is 4.82. The highest BCUT2D eigenvalue weighted by Crippen LogP contribution is 2.31. The van der Waals surface area contributed by atoms with E-state index in [1.54, 1.807) is 0 Å². The maximum Gasteiger partial charge on any atom is 0.298 e. The van der Waals surface area contributed by atoms with Crippen LogP contribution in [0.15, 0.2) is 21.9 Å². The molecule has 0 unspecified atom stereocenters. The summed E-state index contributed by atoms with van der Waals surface area (Å²) in [6, 6.07) is 1.93. The summed E-state index contributed by atoms with van der Waals surface area (Å²) in [4.78, 5) is -1.54. The first-order valence-corrected chi connectivity index (χ1v) is 7.39. The molecule has 0 saturated carbocycles. The van der Waals surface area contributed by atoms with Crippen LogP contribution in [0.1, 0.15) is 5.56 Å². The monoisotopic (exact) mass is 296 g/mol. The lowest BCUT2D eigenvalue weighted by Crippen LogP contribution is -2.17. The zero-order valence-corrected chi connectivity index (χ0v) is 10.8. The Morgan fingerprint density at radius 1 is 1.28 bits per heavy atom. The van der Waals surface area contributed by atoms with Crippen LogP contribution in [0.25, 0.3) is 0 Å². The third-order valence-electron chi connectivity index (χ3n) is 2.11. The standard InChI is InChI=1S/C8H10NO7S2/c1-16-6-2-3-7(17(9,11)12)5(4-10)8(6)18(13,14)15/h2-3H,4H2,1H3,(H2,9,11,12)(H,13,14,15). The highest BCUT2D eigenvalue weighted by molar-refractivity contribution is 7.89. The first-order chi connectivity index (χ1) is 8.12. The Kier molecular flexibility index (Phi) is 3.98. The fraction of sp³-hybridized carbons (Fsp3) is 0.250. The molecule has 1 aromatic rings. The third-order valence-corrected chi connectivity index (χ3v) is 4.07. The maximum absolute atomic E-state index is 11.2. The Morgan fingerprint density at radius 3 is 2.17 bits per heavy atom. The minimum atomic E-state index is -4.82. The summed E-state index contributed by atoms with van der Waals surface area (Å²) in [6.07, 6.45) is 0. The van der Waals surface area contributed by atoms with Crippen LogP contribution < -0.4 is 9.88 Å². The van der Waals surface area contributed by atoms with E-state index in [0.717, 1.165) is 19.2 Å². The van der Waals surface area contributed by atoms with Gasteiger partial charge >= 0.3 is 0 Å². The van der Waals surface area contributed by atoms with Gasteiger partial charge in [-0.1, -0.05) is 0 Å². The number of hydrogen-bond acceptors (Lipinski definition) is 5. The summed E-state index contributed by atoms with van der Waals surface area (Å²) in [5.74, 6) is -0.337. The summed E-state index contributed by atoms with van der Waals surface area (Å²) in [6.45, 7) is -1.20. The van der Waals surface area contributed by atoms with E-state index < -0.39 is 42.1 Å². The highest BCUT2D eigenvalue weighted by Gasteiger charge is 2.27. The van der Waals surface area contributed by atoms with Crippen LogP contribution in [0.2, 0.25) is 0 Å². The predicted octanol–water partition coefficient (Wildman–Crippen LogP) is -0.480. The minimum Gasteiger partial charge on any atom is -0.495 e. The van der Waals surface area contributed by atoms with Crippen molar-refractivity contribution in [3.63, 3.8) is 0 Å². The SMILES string of the molecule is COc1ccc(S(N)(=O)=O)c(C[O])c1S(=O)(=O)O. The van der Waals surface area contributed by atoms with Crippen LogP contribution in [-0.2, 0) is 31.9 Å². The molecule has 0 aromatic heterocycles. The molecule has 0 spiro atoms. The van der Waals surface area contributed by atoms with Gasteiger partial charge in [-0.15, -0.1) is 0 Å². The summed E-state index contributed by atoms with van der Waals surface area (Å²) in [7, 11) is -7.99. The molecule has 1 rings (SSSR count). The lowest BCUT2D eigenvalue weighted by atomic mass is 10.2. The lowest BCUT2D eigenvalue weighted by Gasteiger charge is -2.12. The first kappa shape index (κ1) is 14.9. The molecule has 0 amide bonds. The van der Waals surface area contributed by atoms with Gasteiger partial charge in [0.2, 0.25) is 10.0 Å². The second-order valence-electron chi connectivity index (χ2n) is 3.24. The van der Waals surface area contributed by atoms with Crippen molar-refractivity contribution in [2.75, 3.05) is 7.11 Å². The van der Waals surface area contributed by atoms with E-state index in [-0.39, 0.29) is 5.75 Å². The van der Waals surface area contributed by atoms with E-state index in [1.165, 1.54) is 0 Å². The minimum absolute atomic E-state index is 0.337. The second-order valence-corrected chi connectivity index (χ2v) is 6.13. The van der Waals surface area contributed by atoms with Crippen LogP contribution in [0, 0.1) is 0 Å². The molecule has 1 radical (unpaired) electrons. The maximum atomic E-state index is 11.2. The number of nitrogens with two attached hydrogens (primary N) is 1. The van der Waals surface area contributed by atoms with Crippen LogP contribution in [0.5, 0.6) is 5.75 Å². The number of benzene rings is 1. The van der Waals surface area contributed by atoms with Gasteiger partial charge in [0, 0.05) is 5.56 Å². The van der Waals surface area contributed by atoms with Crippen LogP contribution in [0.4, 0.5) is 0 Å². The van der Waals surface area contributed by atoms with E-state index in [4.69, 9.17) is 9.69 Å². The average molecular weight is 296 g/mol. The molecule has 1 aromatic carbocycles. The van der Waals surface area contributed by atoms with Gasteiger partial charge in [0.05, 0.1) is 12.0 Å². The van der Waals surface area contributed by atoms with Gasteiger partial charge in [-0.25, -0.2) is 18.7 Å². The Balaban J connectivity index is 3.87. The van der Waals surface area contributed by atoms with Gasteiger partial charge in [0.15, 0.2) is 0 Å². The van der Waals surface area contributed by atoms with E-state index >= 15 is 0 Å². The molecule has 10 heteroatoms. The normalized spacial score (nSPS) is 12.4. The summed E-state index contributed by atoms with van der Waals surface area (Å²) in [5.41, 5.74) is -0.653. The molecule has 0 saturated heterocycles. The van der Waals surface area contributed by atoms with Crippen molar-refractivity contribution in [2.45, 2.75) is 16.4 Å². The van der Waals surface area contributed by atoms with Gasteiger partial charge in [0.1, 0.15) is 17.3 Å². The van der Waals surface area contributed by atoms with Gasteiger partial charge < -0.3 is 4.74 Å². The van der Waals surface area contributed by atoms with Gasteiger partial charge in [-0.3, -0.25) is 4.55 Å². The molecule has 0 atom stereocenters. The van der Waals surface area contributed by atoms with Crippen LogP contribution >= 0.6 is 0 Å². The van der Waals surface area contributed by atoms with Crippen molar-refractivity contribution in [1.29, 1.82) is 0 Å². The molecule has 0 aliphatic rings.